The number of fused-ring (bicyclic) bond motifs is 1. The summed E-state index contributed by atoms with van der Waals surface area (Å²) in [6.07, 6.45) is -4.92. The molecule has 1 aliphatic rings. The first-order valence-electron chi connectivity index (χ1n) is 9.35. The highest BCUT2D eigenvalue weighted by Crippen LogP contribution is 2.33. The Morgan fingerprint density at radius 2 is 1.87 bits per heavy atom. The first-order valence-corrected chi connectivity index (χ1v) is 9.35. The molecule has 0 spiro atoms. The first kappa shape index (κ1) is 21.5. The van der Waals surface area contributed by atoms with Crippen LogP contribution in [-0.2, 0) is 16.1 Å². The smallest absolute Gasteiger partial charge is 0.422 e. The highest BCUT2D eigenvalue weighted by molar-refractivity contribution is 6.00. The molecule has 0 radical (unpaired) electrons. The van der Waals surface area contributed by atoms with E-state index in [0.717, 1.165) is 0 Å². The molecular formula is C21H21F3N2O4. The average Bonchev–Trinajstić information content (AvgIpc) is 2.71. The third-order valence-corrected chi connectivity index (χ3v) is 4.45. The van der Waals surface area contributed by atoms with Crippen molar-refractivity contribution in [2.45, 2.75) is 32.2 Å². The van der Waals surface area contributed by atoms with Crippen LogP contribution < -0.4 is 19.7 Å². The molecule has 3 rings (SSSR count). The van der Waals surface area contributed by atoms with Crippen molar-refractivity contribution >= 4 is 17.5 Å². The number of rotatable bonds is 7. The Labute approximate surface area is 171 Å². The zero-order chi connectivity index (χ0) is 21.7. The maximum atomic E-state index is 12.4. The first-order chi connectivity index (χ1) is 14.2. The maximum Gasteiger partial charge on any atom is 0.422 e. The van der Waals surface area contributed by atoms with Crippen molar-refractivity contribution in [3.05, 3.63) is 54.1 Å². The van der Waals surface area contributed by atoms with E-state index in [-0.39, 0.29) is 37.1 Å². The summed E-state index contributed by atoms with van der Waals surface area (Å²) in [6.45, 7) is 0.723. The van der Waals surface area contributed by atoms with E-state index in [1.54, 1.807) is 37.3 Å². The monoisotopic (exact) mass is 422 g/mol. The highest BCUT2D eigenvalue weighted by atomic mass is 19.4. The number of nitrogens with zero attached hydrogens (tertiary/aromatic N) is 1. The third kappa shape index (κ3) is 5.65. The molecule has 1 aliphatic heterocycles. The van der Waals surface area contributed by atoms with Gasteiger partial charge in [0.25, 0.3) is 5.91 Å². The van der Waals surface area contributed by atoms with Crippen LogP contribution in [0.15, 0.2) is 48.5 Å². The lowest BCUT2D eigenvalue weighted by atomic mass is 10.1. The zero-order valence-electron chi connectivity index (χ0n) is 16.2. The van der Waals surface area contributed by atoms with E-state index in [1.165, 1.54) is 17.0 Å². The Kier molecular flexibility index (Phi) is 6.49. The SMILES string of the molecule is CC1Oc2ccccc2N(CCC(=O)NCc2ccc(OCC(F)(F)F)cc2)C1=O. The summed E-state index contributed by atoms with van der Waals surface area (Å²) in [5, 5.41) is 2.74. The topological polar surface area (TPSA) is 67.9 Å². The van der Waals surface area contributed by atoms with Crippen molar-refractivity contribution in [1.82, 2.24) is 5.32 Å². The predicted octanol–water partition coefficient (Wildman–Crippen LogP) is 3.45. The van der Waals surface area contributed by atoms with Crippen LogP contribution in [-0.4, -0.2) is 37.2 Å². The number of benzene rings is 2. The van der Waals surface area contributed by atoms with Crippen molar-refractivity contribution in [2.24, 2.45) is 0 Å². The lowest BCUT2D eigenvalue weighted by molar-refractivity contribution is -0.153. The van der Waals surface area contributed by atoms with Crippen molar-refractivity contribution in [3.8, 4) is 11.5 Å². The summed E-state index contributed by atoms with van der Waals surface area (Å²) in [5.74, 6) is 0.228. The minimum atomic E-state index is -4.40. The van der Waals surface area contributed by atoms with Gasteiger partial charge in [-0.15, -0.1) is 0 Å². The van der Waals surface area contributed by atoms with Crippen molar-refractivity contribution in [2.75, 3.05) is 18.1 Å². The predicted molar refractivity (Wildman–Crippen MR) is 103 cm³/mol. The molecule has 6 nitrogen and oxygen atoms in total. The van der Waals surface area contributed by atoms with E-state index < -0.39 is 18.9 Å². The largest absolute Gasteiger partial charge is 0.484 e. The summed E-state index contributed by atoms with van der Waals surface area (Å²) in [5.41, 5.74) is 1.34. The minimum absolute atomic E-state index is 0.0968. The van der Waals surface area contributed by atoms with E-state index >= 15 is 0 Å². The lowest BCUT2D eigenvalue weighted by Gasteiger charge is -2.32. The Bertz CT molecular complexity index is 900. The molecule has 0 fully saturated rings. The fourth-order valence-electron chi connectivity index (χ4n) is 2.96. The second-order valence-corrected chi connectivity index (χ2v) is 6.79. The van der Waals surface area contributed by atoms with E-state index in [1.807, 2.05) is 6.07 Å². The van der Waals surface area contributed by atoms with Gasteiger partial charge in [-0.05, 0) is 36.8 Å². The van der Waals surface area contributed by atoms with Gasteiger partial charge in [-0.2, -0.15) is 13.2 Å². The summed E-state index contributed by atoms with van der Waals surface area (Å²) in [4.78, 5) is 26.2. The molecule has 1 unspecified atom stereocenters. The summed E-state index contributed by atoms with van der Waals surface area (Å²) in [6, 6.07) is 13.1. The number of para-hydroxylation sites is 2. The number of ether oxygens (including phenoxy) is 2. The van der Waals surface area contributed by atoms with Crippen molar-refractivity contribution < 1.29 is 32.2 Å². The van der Waals surface area contributed by atoms with Crippen LogP contribution in [0.5, 0.6) is 11.5 Å². The number of hydrogen-bond donors (Lipinski definition) is 1. The lowest BCUT2D eigenvalue weighted by Crippen LogP contribution is -2.45. The number of anilines is 1. The molecule has 2 aromatic carbocycles. The second-order valence-electron chi connectivity index (χ2n) is 6.79. The maximum absolute atomic E-state index is 12.4. The van der Waals surface area contributed by atoms with Crippen LogP contribution in [0.25, 0.3) is 0 Å². The van der Waals surface area contributed by atoms with Crippen LogP contribution in [0.1, 0.15) is 18.9 Å². The minimum Gasteiger partial charge on any atom is -0.484 e. The Morgan fingerprint density at radius 3 is 2.57 bits per heavy atom. The third-order valence-electron chi connectivity index (χ3n) is 4.45. The number of carbonyl (C=O) groups is 2. The fraction of sp³-hybridized carbons (Fsp3) is 0.333. The molecule has 0 saturated carbocycles. The van der Waals surface area contributed by atoms with Gasteiger partial charge < -0.3 is 19.7 Å². The Morgan fingerprint density at radius 1 is 1.17 bits per heavy atom. The van der Waals surface area contributed by atoms with Crippen molar-refractivity contribution in [3.63, 3.8) is 0 Å². The molecule has 160 valence electrons. The summed E-state index contributed by atoms with van der Waals surface area (Å²) < 4.78 is 46.7. The van der Waals surface area contributed by atoms with Crippen molar-refractivity contribution in [1.29, 1.82) is 0 Å². The molecule has 1 heterocycles. The number of amides is 2. The molecule has 2 amide bonds. The Balaban J connectivity index is 1.49. The van der Waals surface area contributed by atoms with Crippen LogP contribution in [0, 0.1) is 0 Å². The van der Waals surface area contributed by atoms with Gasteiger partial charge in [0.1, 0.15) is 11.5 Å². The van der Waals surface area contributed by atoms with Gasteiger partial charge in [-0.1, -0.05) is 24.3 Å². The number of hydrogen-bond acceptors (Lipinski definition) is 4. The molecule has 9 heteroatoms. The standard InChI is InChI=1S/C21H21F3N2O4/c1-14-20(28)26(17-4-2-3-5-18(17)30-14)11-10-19(27)25-12-15-6-8-16(9-7-15)29-13-21(22,23)24/h2-9,14H,10-13H2,1H3,(H,25,27). The number of alkyl halides is 3. The van der Waals surface area contributed by atoms with E-state index in [2.05, 4.69) is 10.1 Å². The molecule has 0 saturated heterocycles. The number of carbonyl (C=O) groups excluding carboxylic acids is 2. The Hall–Kier alpha value is -3.23. The molecule has 0 aliphatic carbocycles. The van der Waals surface area contributed by atoms with E-state index in [0.29, 0.717) is 17.0 Å². The summed E-state index contributed by atoms with van der Waals surface area (Å²) >= 11 is 0. The molecule has 30 heavy (non-hydrogen) atoms. The van der Waals surface area contributed by atoms with Gasteiger partial charge in [0.15, 0.2) is 12.7 Å². The number of nitrogens with one attached hydrogen (secondary N) is 1. The van der Waals surface area contributed by atoms with Gasteiger partial charge in [0, 0.05) is 19.5 Å². The molecule has 1 atom stereocenters. The van der Waals surface area contributed by atoms with Gasteiger partial charge in [0.05, 0.1) is 5.69 Å². The van der Waals surface area contributed by atoms with E-state index in [4.69, 9.17) is 4.74 Å². The molecular weight excluding hydrogens is 401 g/mol. The zero-order valence-corrected chi connectivity index (χ0v) is 16.2. The van der Waals surface area contributed by atoms with Crippen LogP contribution >= 0.6 is 0 Å². The van der Waals surface area contributed by atoms with E-state index in [9.17, 15) is 22.8 Å². The van der Waals surface area contributed by atoms with Gasteiger partial charge in [-0.3, -0.25) is 9.59 Å². The van der Waals surface area contributed by atoms with Crippen LogP contribution in [0.3, 0.4) is 0 Å². The molecule has 2 aromatic rings. The van der Waals surface area contributed by atoms with Gasteiger partial charge in [-0.25, -0.2) is 0 Å². The normalized spacial score (nSPS) is 15.9. The highest BCUT2D eigenvalue weighted by Gasteiger charge is 2.31. The molecule has 1 N–H and O–H groups in total. The van der Waals surface area contributed by atoms with Gasteiger partial charge >= 0.3 is 6.18 Å². The van der Waals surface area contributed by atoms with Crippen LogP contribution in [0.2, 0.25) is 0 Å². The quantitative estimate of drug-likeness (QED) is 0.742. The van der Waals surface area contributed by atoms with Crippen LogP contribution in [0.4, 0.5) is 18.9 Å². The second kappa shape index (κ2) is 9.06. The average molecular weight is 422 g/mol. The van der Waals surface area contributed by atoms with Gasteiger partial charge in [0.2, 0.25) is 5.91 Å². The molecule has 0 bridgehead atoms. The fourth-order valence-corrected chi connectivity index (χ4v) is 2.96. The molecule has 0 aromatic heterocycles. The summed E-state index contributed by atoms with van der Waals surface area (Å²) in [7, 11) is 0. The number of halogens is 3.